The summed E-state index contributed by atoms with van der Waals surface area (Å²) >= 11 is 0. The maximum atomic E-state index is 9.46. The van der Waals surface area contributed by atoms with Gasteiger partial charge in [0.2, 0.25) is 0 Å². The highest BCUT2D eigenvalue weighted by Crippen LogP contribution is 2.26. The summed E-state index contributed by atoms with van der Waals surface area (Å²) in [6, 6.07) is 3.12. The van der Waals surface area contributed by atoms with Gasteiger partial charge < -0.3 is 21.7 Å². The maximum Gasteiger partial charge on any atom is 0.119 e. The first kappa shape index (κ1) is 9.83. The Balaban J connectivity index is 3.18. The Hall–Kier alpha value is -1.26. The van der Waals surface area contributed by atoms with Crippen molar-refractivity contribution in [2.45, 2.75) is 13.0 Å². The predicted molar refractivity (Wildman–Crippen MR) is 51.2 cm³/mol. The third-order valence-electron chi connectivity index (χ3n) is 2.01. The number of anilines is 1. The summed E-state index contributed by atoms with van der Waals surface area (Å²) in [5, 5.41) is 18.2. The number of hydrogen-bond donors (Lipinski definition) is 4. The lowest BCUT2D eigenvalue weighted by molar-refractivity contribution is 0.297. The van der Waals surface area contributed by atoms with Gasteiger partial charge in [0.15, 0.2) is 0 Å². The van der Waals surface area contributed by atoms with Crippen LogP contribution in [0.15, 0.2) is 12.1 Å². The van der Waals surface area contributed by atoms with Gasteiger partial charge in [0.1, 0.15) is 5.75 Å². The molecule has 0 aliphatic heterocycles. The van der Waals surface area contributed by atoms with Crippen LogP contribution in [0.3, 0.4) is 0 Å². The van der Waals surface area contributed by atoms with E-state index in [1.807, 2.05) is 0 Å². The minimum absolute atomic E-state index is 0.0238. The number of hydrogen-bond acceptors (Lipinski definition) is 4. The van der Waals surface area contributed by atoms with Gasteiger partial charge in [0, 0.05) is 24.4 Å². The largest absolute Gasteiger partial charge is 0.508 e. The van der Waals surface area contributed by atoms with E-state index >= 15 is 0 Å². The van der Waals surface area contributed by atoms with Crippen molar-refractivity contribution in [3.05, 3.63) is 23.3 Å². The second-order valence-electron chi connectivity index (χ2n) is 2.81. The number of nitrogen functional groups attached to an aromatic ring is 1. The van der Waals surface area contributed by atoms with Crippen molar-refractivity contribution in [1.82, 2.24) is 0 Å². The van der Waals surface area contributed by atoms with Crippen LogP contribution in [0.4, 0.5) is 5.69 Å². The molecule has 13 heavy (non-hydrogen) atoms. The van der Waals surface area contributed by atoms with Crippen LogP contribution in [-0.4, -0.2) is 16.8 Å². The molecule has 0 aromatic heterocycles. The Morgan fingerprint density at radius 2 is 1.92 bits per heavy atom. The van der Waals surface area contributed by atoms with Crippen molar-refractivity contribution in [2.75, 3.05) is 12.3 Å². The van der Waals surface area contributed by atoms with E-state index in [-0.39, 0.29) is 18.9 Å². The number of nitrogens with two attached hydrogens (primary N) is 2. The Morgan fingerprint density at radius 1 is 1.23 bits per heavy atom. The molecule has 1 rings (SSSR count). The lowest BCUT2D eigenvalue weighted by atomic mass is 10.0. The average Bonchev–Trinajstić information content (AvgIpc) is 2.12. The first-order valence-electron chi connectivity index (χ1n) is 4.10. The zero-order valence-electron chi connectivity index (χ0n) is 7.33. The van der Waals surface area contributed by atoms with Crippen molar-refractivity contribution in [1.29, 1.82) is 0 Å². The molecule has 0 amide bonds. The summed E-state index contributed by atoms with van der Waals surface area (Å²) in [7, 11) is 0. The average molecular weight is 182 g/mol. The van der Waals surface area contributed by atoms with E-state index in [1.165, 1.54) is 6.07 Å². The Kier molecular flexibility index (Phi) is 3.11. The van der Waals surface area contributed by atoms with Crippen molar-refractivity contribution in [3.63, 3.8) is 0 Å². The SMILES string of the molecule is NCc1c(N)ccc(O)c1CCO. The van der Waals surface area contributed by atoms with Gasteiger partial charge in [0.05, 0.1) is 0 Å². The lowest BCUT2D eigenvalue weighted by Crippen LogP contribution is -2.07. The van der Waals surface area contributed by atoms with E-state index < -0.39 is 0 Å². The number of phenols is 1. The second kappa shape index (κ2) is 4.11. The van der Waals surface area contributed by atoms with Gasteiger partial charge in [-0.2, -0.15) is 0 Å². The number of benzene rings is 1. The number of aliphatic hydroxyl groups is 1. The van der Waals surface area contributed by atoms with Crippen LogP contribution in [0.1, 0.15) is 11.1 Å². The quantitative estimate of drug-likeness (QED) is 0.390. The Labute approximate surface area is 76.8 Å². The molecule has 0 aliphatic carbocycles. The number of aliphatic hydroxyl groups excluding tert-OH is 1. The van der Waals surface area contributed by atoms with Crippen LogP contribution >= 0.6 is 0 Å². The highest BCUT2D eigenvalue weighted by atomic mass is 16.3. The molecule has 0 saturated carbocycles. The third kappa shape index (κ3) is 1.91. The van der Waals surface area contributed by atoms with Crippen molar-refractivity contribution >= 4 is 5.69 Å². The van der Waals surface area contributed by atoms with Crippen molar-refractivity contribution in [2.24, 2.45) is 5.73 Å². The fourth-order valence-corrected chi connectivity index (χ4v) is 1.33. The third-order valence-corrected chi connectivity index (χ3v) is 2.01. The van der Waals surface area contributed by atoms with Gasteiger partial charge in [-0.3, -0.25) is 0 Å². The van der Waals surface area contributed by atoms with Crippen LogP contribution in [0, 0.1) is 0 Å². The zero-order chi connectivity index (χ0) is 9.84. The summed E-state index contributed by atoms with van der Waals surface area (Å²) in [6.45, 7) is 0.250. The predicted octanol–water partition coefficient (Wildman–Crippen LogP) is -0.0321. The summed E-state index contributed by atoms with van der Waals surface area (Å²) in [5.41, 5.74) is 13.1. The molecule has 1 aromatic rings. The topological polar surface area (TPSA) is 92.5 Å². The summed E-state index contributed by atoms with van der Waals surface area (Å²) in [6.07, 6.45) is 0.378. The number of aromatic hydroxyl groups is 1. The molecule has 0 fully saturated rings. The van der Waals surface area contributed by atoms with Crippen LogP contribution in [0.5, 0.6) is 5.75 Å². The molecular weight excluding hydrogens is 168 g/mol. The molecule has 0 saturated heterocycles. The van der Waals surface area contributed by atoms with Crippen molar-refractivity contribution < 1.29 is 10.2 Å². The van der Waals surface area contributed by atoms with Gasteiger partial charge in [-0.1, -0.05) is 0 Å². The molecule has 1 aromatic carbocycles. The molecule has 6 N–H and O–H groups in total. The van der Waals surface area contributed by atoms with E-state index in [2.05, 4.69) is 0 Å². The normalized spacial score (nSPS) is 10.3. The molecule has 4 nitrogen and oxygen atoms in total. The monoisotopic (exact) mass is 182 g/mol. The van der Waals surface area contributed by atoms with E-state index in [4.69, 9.17) is 16.6 Å². The molecular formula is C9H14N2O2. The second-order valence-corrected chi connectivity index (χ2v) is 2.81. The van der Waals surface area contributed by atoms with Crippen LogP contribution in [0.25, 0.3) is 0 Å². The minimum atomic E-state index is -0.0238. The molecule has 0 unspecified atom stereocenters. The van der Waals surface area contributed by atoms with Crippen LogP contribution in [0.2, 0.25) is 0 Å². The fraction of sp³-hybridized carbons (Fsp3) is 0.333. The molecule has 4 heteroatoms. The summed E-state index contributed by atoms with van der Waals surface area (Å²) < 4.78 is 0. The smallest absolute Gasteiger partial charge is 0.119 e. The van der Waals surface area contributed by atoms with Crippen LogP contribution in [-0.2, 0) is 13.0 Å². The van der Waals surface area contributed by atoms with Crippen LogP contribution < -0.4 is 11.5 Å². The molecule has 0 aliphatic rings. The van der Waals surface area contributed by atoms with E-state index in [0.717, 1.165) is 0 Å². The standard InChI is InChI=1S/C9H14N2O2/c10-5-7-6(3-4-12)9(13)2-1-8(7)11/h1-2,12-13H,3-5,10-11H2. The fourth-order valence-electron chi connectivity index (χ4n) is 1.33. The summed E-state index contributed by atoms with van der Waals surface area (Å²) in [4.78, 5) is 0. The Bertz CT molecular complexity index is 300. The lowest BCUT2D eigenvalue weighted by Gasteiger charge is -2.11. The van der Waals surface area contributed by atoms with Gasteiger partial charge in [0.25, 0.3) is 0 Å². The highest BCUT2D eigenvalue weighted by Gasteiger charge is 2.08. The number of rotatable bonds is 3. The van der Waals surface area contributed by atoms with Gasteiger partial charge in [-0.25, -0.2) is 0 Å². The first-order valence-corrected chi connectivity index (χ1v) is 4.10. The molecule has 72 valence electrons. The van der Waals surface area contributed by atoms with Crippen molar-refractivity contribution in [3.8, 4) is 5.75 Å². The van der Waals surface area contributed by atoms with Gasteiger partial charge in [-0.15, -0.1) is 0 Å². The molecule has 0 atom stereocenters. The molecule has 0 radical (unpaired) electrons. The highest BCUT2D eigenvalue weighted by molar-refractivity contribution is 5.56. The van der Waals surface area contributed by atoms with E-state index in [1.54, 1.807) is 6.07 Å². The zero-order valence-corrected chi connectivity index (χ0v) is 7.33. The minimum Gasteiger partial charge on any atom is -0.508 e. The summed E-state index contributed by atoms with van der Waals surface area (Å²) in [5.74, 6) is 0.142. The molecule has 0 spiro atoms. The maximum absolute atomic E-state index is 9.46. The van der Waals surface area contributed by atoms with E-state index in [0.29, 0.717) is 23.2 Å². The molecule has 0 heterocycles. The van der Waals surface area contributed by atoms with Gasteiger partial charge >= 0.3 is 0 Å². The molecule has 0 bridgehead atoms. The van der Waals surface area contributed by atoms with E-state index in [9.17, 15) is 5.11 Å². The van der Waals surface area contributed by atoms with Gasteiger partial charge in [-0.05, 0) is 24.1 Å². The number of phenolic OH excluding ortho intramolecular Hbond substituents is 1. The first-order chi connectivity index (χ1) is 6.20. The Morgan fingerprint density at radius 3 is 2.46 bits per heavy atom.